The molecule has 0 aliphatic carbocycles. The van der Waals surface area contributed by atoms with E-state index in [0.29, 0.717) is 17.4 Å². The van der Waals surface area contributed by atoms with Gasteiger partial charge >= 0.3 is 6.18 Å². The molecule has 0 N–H and O–H groups in total. The average molecular weight is 241 g/mol. The second-order valence-corrected chi connectivity index (χ2v) is 3.81. The molecule has 0 unspecified atom stereocenters. The van der Waals surface area contributed by atoms with Gasteiger partial charge in [-0.1, -0.05) is 12.1 Å². The molecule has 1 heterocycles. The van der Waals surface area contributed by atoms with E-state index in [4.69, 9.17) is 0 Å². The lowest BCUT2D eigenvalue weighted by atomic mass is 10.1. The summed E-state index contributed by atoms with van der Waals surface area (Å²) >= 11 is 0. The zero-order chi connectivity index (χ0) is 12.6. The second kappa shape index (κ2) is 3.91. The van der Waals surface area contributed by atoms with Crippen LogP contribution in [0.5, 0.6) is 0 Å². The molecule has 2 aromatic rings. The number of aromatic nitrogens is 1. The Balaban J connectivity index is 2.75. The third kappa shape index (κ3) is 1.92. The molecule has 0 amide bonds. The first kappa shape index (κ1) is 11.7. The van der Waals surface area contributed by atoms with Gasteiger partial charge in [-0.05, 0) is 12.1 Å². The number of hydrogen-bond donors (Lipinski definition) is 0. The summed E-state index contributed by atoms with van der Waals surface area (Å²) in [4.78, 5) is 10.4. The molecule has 0 radical (unpaired) electrons. The SMILES string of the molecule is Cn1c(CC=O)cc2cccc(C(F)(F)F)c21. The van der Waals surface area contributed by atoms with E-state index in [1.807, 2.05) is 0 Å². The topological polar surface area (TPSA) is 22.0 Å². The highest BCUT2D eigenvalue weighted by Gasteiger charge is 2.33. The predicted octanol–water partition coefficient (Wildman–Crippen LogP) is 2.94. The first-order valence-electron chi connectivity index (χ1n) is 5.03. The quantitative estimate of drug-likeness (QED) is 0.741. The fraction of sp³-hybridized carbons (Fsp3) is 0.250. The van der Waals surface area contributed by atoms with Gasteiger partial charge in [-0.15, -0.1) is 0 Å². The third-order valence-corrected chi connectivity index (χ3v) is 2.75. The second-order valence-electron chi connectivity index (χ2n) is 3.81. The molecular weight excluding hydrogens is 231 g/mol. The number of aldehydes is 1. The van der Waals surface area contributed by atoms with Crippen molar-refractivity contribution in [1.82, 2.24) is 4.57 Å². The van der Waals surface area contributed by atoms with Crippen molar-refractivity contribution in [3.63, 3.8) is 0 Å². The van der Waals surface area contributed by atoms with Crippen LogP contribution in [-0.2, 0) is 24.4 Å². The summed E-state index contributed by atoms with van der Waals surface area (Å²) in [6.07, 6.45) is -3.59. The van der Waals surface area contributed by atoms with E-state index in [9.17, 15) is 18.0 Å². The smallest absolute Gasteiger partial charge is 0.347 e. The summed E-state index contributed by atoms with van der Waals surface area (Å²) < 4.78 is 39.9. The molecular formula is C12H10F3NO. The maximum atomic E-state index is 12.8. The standard InChI is InChI=1S/C12H10F3NO/c1-16-9(5-6-17)7-8-3-2-4-10(11(8)16)12(13,14)15/h2-4,6-7H,5H2,1H3. The van der Waals surface area contributed by atoms with E-state index in [1.165, 1.54) is 17.7 Å². The fourth-order valence-corrected chi connectivity index (χ4v) is 1.98. The van der Waals surface area contributed by atoms with Crippen molar-refractivity contribution in [2.75, 3.05) is 0 Å². The molecule has 5 heteroatoms. The number of rotatable bonds is 2. The number of aryl methyl sites for hydroxylation is 1. The molecule has 1 aromatic carbocycles. The van der Waals surface area contributed by atoms with Crippen LogP contribution in [0.15, 0.2) is 24.3 Å². The van der Waals surface area contributed by atoms with Crippen molar-refractivity contribution >= 4 is 17.2 Å². The van der Waals surface area contributed by atoms with Crippen LogP contribution in [0, 0.1) is 0 Å². The molecule has 0 saturated carbocycles. The lowest BCUT2D eigenvalue weighted by molar-refractivity contribution is -0.136. The van der Waals surface area contributed by atoms with E-state index in [1.54, 1.807) is 12.1 Å². The Labute approximate surface area is 95.7 Å². The van der Waals surface area contributed by atoms with Crippen molar-refractivity contribution in [2.24, 2.45) is 7.05 Å². The number of carbonyl (C=O) groups is 1. The maximum absolute atomic E-state index is 12.8. The molecule has 1 aromatic heterocycles. The van der Waals surface area contributed by atoms with Gasteiger partial charge in [0.05, 0.1) is 11.1 Å². The highest BCUT2D eigenvalue weighted by molar-refractivity contribution is 5.85. The first-order valence-corrected chi connectivity index (χ1v) is 5.03. The van der Waals surface area contributed by atoms with Crippen molar-refractivity contribution in [2.45, 2.75) is 12.6 Å². The number of alkyl halides is 3. The number of fused-ring (bicyclic) bond motifs is 1. The van der Waals surface area contributed by atoms with Gasteiger partial charge in [0.2, 0.25) is 0 Å². The van der Waals surface area contributed by atoms with Gasteiger partial charge in [0, 0.05) is 24.5 Å². The Morgan fingerprint density at radius 3 is 2.65 bits per heavy atom. The average Bonchev–Trinajstić information content (AvgIpc) is 2.55. The normalized spacial score (nSPS) is 12.0. The minimum atomic E-state index is -4.38. The highest BCUT2D eigenvalue weighted by atomic mass is 19.4. The molecule has 2 nitrogen and oxygen atoms in total. The number of nitrogens with zero attached hydrogens (tertiary/aromatic N) is 1. The Bertz CT molecular complexity index is 569. The molecule has 0 aliphatic rings. The Morgan fingerprint density at radius 2 is 2.06 bits per heavy atom. The summed E-state index contributed by atoms with van der Waals surface area (Å²) in [5, 5.41) is 0.499. The van der Waals surface area contributed by atoms with Gasteiger partial charge in [0.1, 0.15) is 6.29 Å². The summed E-state index contributed by atoms with van der Waals surface area (Å²) in [5.74, 6) is 0. The van der Waals surface area contributed by atoms with E-state index in [2.05, 4.69) is 0 Å². The number of halogens is 3. The van der Waals surface area contributed by atoms with Crippen LogP contribution in [-0.4, -0.2) is 10.9 Å². The number of para-hydroxylation sites is 1. The third-order valence-electron chi connectivity index (χ3n) is 2.75. The van der Waals surface area contributed by atoms with Crippen LogP contribution < -0.4 is 0 Å². The predicted molar refractivity (Wildman–Crippen MR) is 57.7 cm³/mol. The van der Waals surface area contributed by atoms with E-state index in [0.717, 1.165) is 6.07 Å². The summed E-state index contributed by atoms with van der Waals surface area (Å²) in [7, 11) is 1.54. The fourth-order valence-electron chi connectivity index (χ4n) is 1.98. The van der Waals surface area contributed by atoms with Crippen LogP contribution in [0.25, 0.3) is 10.9 Å². The number of carbonyl (C=O) groups excluding carboxylic acids is 1. The minimum absolute atomic E-state index is 0.114. The number of benzene rings is 1. The molecule has 0 saturated heterocycles. The molecule has 0 atom stereocenters. The van der Waals surface area contributed by atoms with Crippen LogP contribution in [0.1, 0.15) is 11.3 Å². The van der Waals surface area contributed by atoms with Crippen molar-refractivity contribution < 1.29 is 18.0 Å². The van der Waals surface area contributed by atoms with E-state index >= 15 is 0 Å². The summed E-state index contributed by atoms with van der Waals surface area (Å²) in [6, 6.07) is 5.64. The molecule has 0 bridgehead atoms. The van der Waals surface area contributed by atoms with Gasteiger partial charge in [-0.3, -0.25) is 0 Å². The monoisotopic (exact) mass is 241 g/mol. The molecule has 0 fully saturated rings. The summed E-state index contributed by atoms with van der Waals surface area (Å²) in [5.41, 5.74) is 0.0261. The van der Waals surface area contributed by atoms with Gasteiger partial charge in [0.15, 0.2) is 0 Å². The van der Waals surface area contributed by atoms with Crippen LogP contribution in [0.4, 0.5) is 13.2 Å². The van der Waals surface area contributed by atoms with Crippen LogP contribution in [0.3, 0.4) is 0 Å². The summed E-state index contributed by atoms with van der Waals surface area (Å²) in [6.45, 7) is 0. The Hall–Kier alpha value is -1.78. The minimum Gasteiger partial charge on any atom is -0.347 e. The zero-order valence-electron chi connectivity index (χ0n) is 9.08. The van der Waals surface area contributed by atoms with Gasteiger partial charge in [-0.2, -0.15) is 13.2 Å². The van der Waals surface area contributed by atoms with Crippen molar-refractivity contribution in [3.05, 3.63) is 35.5 Å². The lowest BCUT2D eigenvalue weighted by Gasteiger charge is -2.10. The lowest BCUT2D eigenvalue weighted by Crippen LogP contribution is -2.08. The Kier molecular flexibility index (Phi) is 2.69. The molecule has 0 aliphatic heterocycles. The highest BCUT2D eigenvalue weighted by Crippen LogP contribution is 2.35. The molecule has 0 spiro atoms. The van der Waals surface area contributed by atoms with E-state index in [-0.39, 0.29) is 11.9 Å². The van der Waals surface area contributed by atoms with E-state index < -0.39 is 11.7 Å². The van der Waals surface area contributed by atoms with Gasteiger partial charge in [-0.25, -0.2) is 0 Å². The van der Waals surface area contributed by atoms with Crippen molar-refractivity contribution in [1.29, 1.82) is 0 Å². The maximum Gasteiger partial charge on any atom is 0.418 e. The molecule has 2 rings (SSSR count). The zero-order valence-corrected chi connectivity index (χ0v) is 9.08. The number of hydrogen-bond acceptors (Lipinski definition) is 1. The van der Waals surface area contributed by atoms with Crippen molar-refractivity contribution in [3.8, 4) is 0 Å². The molecule has 90 valence electrons. The van der Waals surface area contributed by atoms with Gasteiger partial charge < -0.3 is 9.36 Å². The Morgan fingerprint density at radius 1 is 1.35 bits per heavy atom. The largest absolute Gasteiger partial charge is 0.418 e. The first-order chi connectivity index (χ1) is 7.95. The molecule has 17 heavy (non-hydrogen) atoms. The van der Waals surface area contributed by atoms with Crippen LogP contribution in [0.2, 0.25) is 0 Å². The van der Waals surface area contributed by atoms with Gasteiger partial charge in [0.25, 0.3) is 0 Å². The van der Waals surface area contributed by atoms with Crippen LogP contribution >= 0.6 is 0 Å².